The topological polar surface area (TPSA) is 67.9 Å². The quantitative estimate of drug-likeness (QED) is 0.820. The van der Waals surface area contributed by atoms with Crippen molar-refractivity contribution in [3.63, 3.8) is 0 Å². The molecule has 6 heteroatoms. The summed E-state index contributed by atoms with van der Waals surface area (Å²) in [6.07, 6.45) is -1.26. The molecule has 0 aliphatic heterocycles. The second-order valence-electron chi connectivity index (χ2n) is 6.05. The molecule has 0 saturated carbocycles. The van der Waals surface area contributed by atoms with Crippen LogP contribution in [-0.2, 0) is 4.74 Å². The Morgan fingerprint density at radius 3 is 2.42 bits per heavy atom. The average molecular weight is 356 g/mol. The summed E-state index contributed by atoms with van der Waals surface area (Å²) in [7, 11) is 0. The van der Waals surface area contributed by atoms with Crippen LogP contribution in [0.15, 0.2) is 48.5 Å². The van der Waals surface area contributed by atoms with E-state index in [9.17, 15) is 9.59 Å². The molecular weight excluding hydrogens is 332 g/mol. The summed E-state index contributed by atoms with van der Waals surface area (Å²) in [6.45, 7) is 7.87. The summed E-state index contributed by atoms with van der Waals surface area (Å²) in [5, 5.41) is 2.60. The van der Waals surface area contributed by atoms with Crippen molar-refractivity contribution in [1.82, 2.24) is 0 Å². The zero-order valence-electron chi connectivity index (χ0n) is 15.5. The summed E-state index contributed by atoms with van der Waals surface area (Å²) in [4.78, 5) is 25.7. The number of rotatable bonds is 5. The number of hydrogen-bond donors (Lipinski definition) is 1. The first-order valence-electron chi connectivity index (χ1n) is 8.52. The summed E-state index contributed by atoms with van der Waals surface area (Å²) in [5.74, 6) is 0.336. The van der Waals surface area contributed by atoms with Gasteiger partial charge in [-0.25, -0.2) is 9.59 Å². The molecule has 2 aromatic carbocycles. The number of aryl methyl sites for hydroxylation is 1. The van der Waals surface area contributed by atoms with Gasteiger partial charge in [-0.3, -0.25) is 10.2 Å². The Labute approximate surface area is 153 Å². The molecule has 138 valence electrons. The first-order chi connectivity index (χ1) is 12.4. The SMILES string of the molecule is CCN(C(=O)Oc1cccc(NC(=O)OC(C)C)c1)c1ccc(C)cc1. The van der Waals surface area contributed by atoms with Crippen molar-refractivity contribution in [2.45, 2.75) is 33.8 Å². The molecular formula is C20H24N2O4. The molecule has 0 spiro atoms. The van der Waals surface area contributed by atoms with Crippen molar-refractivity contribution in [1.29, 1.82) is 0 Å². The molecule has 0 unspecified atom stereocenters. The van der Waals surface area contributed by atoms with Crippen LogP contribution in [0.5, 0.6) is 5.75 Å². The Bertz CT molecular complexity index is 757. The highest BCUT2D eigenvalue weighted by atomic mass is 16.6. The van der Waals surface area contributed by atoms with Crippen LogP contribution in [0.4, 0.5) is 21.0 Å². The van der Waals surface area contributed by atoms with Gasteiger partial charge in [-0.05, 0) is 52.0 Å². The van der Waals surface area contributed by atoms with Crippen molar-refractivity contribution in [2.24, 2.45) is 0 Å². The van der Waals surface area contributed by atoms with E-state index in [1.807, 2.05) is 38.1 Å². The van der Waals surface area contributed by atoms with Crippen molar-refractivity contribution >= 4 is 23.6 Å². The van der Waals surface area contributed by atoms with Gasteiger partial charge in [0.05, 0.1) is 6.10 Å². The van der Waals surface area contributed by atoms with Gasteiger partial charge in [-0.2, -0.15) is 0 Å². The predicted molar refractivity (Wildman–Crippen MR) is 102 cm³/mol. The highest BCUT2D eigenvalue weighted by molar-refractivity contribution is 5.89. The van der Waals surface area contributed by atoms with E-state index in [1.165, 1.54) is 4.90 Å². The predicted octanol–water partition coefficient (Wildman–Crippen LogP) is 4.98. The Balaban J connectivity index is 2.07. The molecule has 0 saturated heterocycles. The van der Waals surface area contributed by atoms with E-state index < -0.39 is 12.2 Å². The number of carbonyl (C=O) groups is 2. The lowest BCUT2D eigenvalue weighted by Crippen LogP contribution is -2.33. The van der Waals surface area contributed by atoms with Crippen LogP contribution in [0.25, 0.3) is 0 Å². The van der Waals surface area contributed by atoms with Gasteiger partial charge in [0, 0.05) is 24.0 Å². The van der Waals surface area contributed by atoms with Gasteiger partial charge in [0.1, 0.15) is 5.75 Å². The number of nitrogens with zero attached hydrogens (tertiary/aromatic N) is 1. The van der Waals surface area contributed by atoms with Gasteiger partial charge in [0.2, 0.25) is 0 Å². The molecule has 26 heavy (non-hydrogen) atoms. The Morgan fingerprint density at radius 2 is 1.81 bits per heavy atom. The molecule has 2 amide bonds. The van der Waals surface area contributed by atoms with E-state index in [2.05, 4.69) is 5.32 Å². The monoisotopic (exact) mass is 356 g/mol. The lowest BCUT2D eigenvalue weighted by molar-refractivity contribution is 0.130. The summed E-state index contributed by atoms with van der Waals surface area (Å²) in [6, 6.07) is 14.2. The highest BCUT2D eigenvalue weighted by Gasteiger charge is 2.16. The normalized spacial score (nSPS) is 10.3. The number of nitrogens with one attached hydrogen (secondary N) is 1. The van der Waals surface area contributed by atoms with E-state index in [0.717, 1.165) is 11.3 Å². The fourth-order valence-electron chi connectivity index (χ4n) is 2.30. The van der Waals surface area contributed by atoms with Crippen molar-refractivity contribution in [3.05, 3.63) is 54.1 Å². The van der Waals surface area contributed by atoms with Crippen molar-refractivity contribution < 1.29 is 19.1 Å². The molecule has 6 nitrogen and oxygen atoms in total. The fraction of sp³-hybridized carbons (Fsp3) is 0.300. The molecule has 0 aliphatic carbocycles. The molecule has 0 bridgehead atoms. The molecule has 2 rings (SSSR count). The third kappa shape index (κ3) is 5.51. The lowest BCUT2D eigenvalue weighted by atomic mass is 10.2. The number of hydrogen-bond acceptors (Lipinski definition) is 4. The molecule has 0 atom stereocenters. The number of amides is 2. The molecule has 0 heterocycles. The standard InChI is InChI=1S/C20H24N2O4/c1-5-22(17-11-9-15(4)10-12-17)20(24)26-18-8-6-7-16(13-18)21-19(23)25-14(2)3/h6-14H,5H2,1-4H3,(H,21,23). The van der Waals surface area contributed by atoms with Crippen molar-refractivity contribution in [3.8, 4) is 5.75 Å². The molecule has 2 aromatic rings. The van der Waals surface area contributed by atoms with Crippen LogP contribution in [0.2, 0.25) is 0 Å². The maximum Gasteiger partial charge on any atom is 0.419 e. The van der Waals surface area contributed by atoms with Gasteiger partial charge in [-0.15, -0.1) is 0 Å². The van der Waals surface area contributed by atoms with Crippen molar-refractivity contribution in [2.75, 3.05) is 16.8 Å². The minimum Gasteiger partial charge on any atom is -0.447 e. The van der Waals surface area contributed by atoms with Gasteiger partial charge in [0.15, 0.2) is 0 Å². The van der Waals surface area contributed by atoms with E-state index in [1.54, 1.807) is 38.1 Å². The van der Waals surface area contributed by atoms with Crippen LogP contribution in [-0.4, -0.2) is 24.8 Å². The van der Waals surface area contributed by atoms with E-state index in [-0.39, 0.29) is 6.10 Å². The third-order valence-corrected chi connectivity index (χ3v) is 3.51. The molecule has 0 aliphatic rings. The summed E-state index contributed by atoms with van der Waals surface area (Å²) >= 11 is 0. The molecule has 1 N–H and O–H groups in total. The molecule has 0 fully saturated rings. The highest BCUT2D eigenvalue weighted by Crippen LogP contribution is 2.21. The van der Waals surface area contributed by atoms with Crippen LogP contribution < -0.4 is 15.0 Å². The number of benzene rings is 2. The smallest absolute Gasteiger partial charge is 0.419 e. The van der Waals surface area contributed by atoms with Gasteiger partial charge >= 0.3 is 12.2 Å². The van der Waals surface area contributed by atoms with E-state index in [4.69, 9.17) is 9.47 Å². The average Bonchev–Trinajstić information content (AvgIpc) is 2.56. The minimum absolute atomic E-state index is 0.219. The van der Waals surface area contributed by atoms with E-state index in [0.29, 0.717) is 18.0 Å². The zero-order chi connectivity index (χ0) is 19.1. The number of carbonyl (C=O) groups excluding carboxylic acids is 2. The first kappa shape index (κ1) is 19.3. The number of anilines is 2. The minimum atomic E-state index is -0.557. The van der Waals surface area contributed by atoms with E-state index >= 15 is 0 Å². The van der Waals surface area contributed by atoms with Gasteiger partial charge in [-0.1, -0.05) is 23.8 Å². The van der Waals surface area contributed by atoms with Gasteiger partial charge in [0.25, 0.3) is 0 Å². The molecule has 0 aromatic heterocycles. The first-order valence-corrected chi connectivity index (χ1v) is 8.52. The lowest BCUT2D eigenvalue weighted by Gasteiger charge is -2.20. The maximum absolute atomic E-state index is 12.5. The van der Waals surface area contributed by atoms with Crippen LogP contribution in [0.3, 0.4) is 0 Å². The Morgan fingerprint density at radius 1 is 1.12 bits per heavy atom. The summed E-state index contributed by atoms with van der Waals surface area (Å²) < 4.78 is 10.5. The Kier molecular flexibility index (Phi) is 6.60. The zero-order valence-corrected chi connectivity index (χ0v) is 15.5. The fourth-order valence-corrected chi connectivity index (χ4v) is 2.30. The largest absolute Gasteiger partial charge is 0.447 e. The van der Waals surface area contributed by atoms with Crippen LogP contribution in [0, 0.1) is 6.92 Å². The number of ether oxygens (including phenoxy) is 2. The maximum atomic E-state index is 12.5. The van der Waals surface area contributed by atoms with Crippen LogP contribution >= 0.6 is 0 Å². The molecule has 0 radical (unpaired) electrons. The second kappa shape index (κ2) is 8.89. The second-order valence-corrected chi connectivity index (χ2v) is 6.05. The van der Waals surface area contributed by atoms with Crippen LogP contribution in [0.1, 0.15) is 26.3 Å². The Hall–Kier alpha value is -3.02. The van der Waals surface area contributed by atoms with Gasteiger partial charge < -0.3 is 9.47 Å². The third-order valence-electron chi connectivity index (χ3n) is 3.51. The summed E-state index contributed by atoms with van der Waals surface area (Å²) in [5.41, 5.74) is 2.36.